The fraction of sp³-hybridized carbons (Fsp3) is 0.231. The van der Waals surface area contributed by atoms with E-state index in [4.69, 9.17) is 0 Å². The van der Waals surface area contributed by atoms with Crippen LogP contribution >= 0.6 is 15.9 Å². The highest BCUT2D eigenvalue weighted by molar-refractivity contribution is 9.10. The molecule has 1 aliphatic heterocycles. The Morgan fingerprint density at radius 1 is 1.44 bits per heavy atom. The molecule has 2 rings (SSSR count). The third kappa shape index (κ3) is 2.23. The van der Waals surface area contributed by atoms with Crippen LogP contribution < -0.4 is 10.2 Å². The molecule has 0 atom stereocenters. The van der Waals surface area contributed by atoms with E-state index in [1.165, 1.54) is 4.90 Å². The number of anilines is 1. The van der Waals surface area contributed by atoms with E-state index in [1.54, 1.807) is 12.1 Å². The summed E-state index contributed by atoms with van der Waals surface area (Å²) in [6, 6.07) is 5.27. The molecule has 1 aliphatic rings. The second-order valence-corrected chi connectivity index (χ2v) is 5.08. The third-order valence-corrected chi connectivity index (χ3v) is 3.24. The minimum atomic E-state index is -0.486. The van der Waals surface area contributed by atoms with Gasteiger partial charge < -0.3 is 10.2 Å². The molecule has 18 heavy (non-hydrogen) atoms. The lowest BCUT2D eigenvalue weighted by atomic mass is 10.1. The van der Waals surface area contributed by atoms with Crippen molar-refractivity contribution in [3.63, 3.8) is 0 Å². The largest absolute Gasteiger partial charge is 0.316 e. The normalized spacial score (nSPS) is 14.0. The van der Waals surface area contributed by atoms with Gasteiger partial charge >= 0.3 is 0 Å². The molecular weight excluding hydrogens is 296 g/mol. The van der Waals surface area contributed by atoms with Crippen molar-refractivity contribution in [3.8, 4) is 0 Å². The Labute approximate surface area is 114 Å². The topological polar surface area (TPSA) is 49.4 Å². The number of nitrogens with one attached hydrogen (secondary N) is 1. The van der Waals surface area contributed by atoms with Crippen LogP contribution in [0.3, 0.4) is 0 Å². The predicted octanol–water partition coefficient (Wildman–Crippen LogP) is 1.75. The Hall–Kier alpha value is -1.46. The van der Waals surface area contributed by atoms with Gasteiger partial charge in [-0.05, 0) is 30.8 Å². The van der Waals surface area contributed by atoms with Crippen LogP contribution in [-0.4, -0.2) is 31.8 Å². The molecule has 0 spiro atoms. The lowest BCUT2D eigenvalue weighted by Crippen LogP contribution is -2.33. The Bertz CT molecular complexity index is 540. The molecule has 0 fully saturated rings. The SMILES string of the molecule is C=C(CNC)CN1C(=O)C(=O)c2cc(Br)ccc21. The van der Waals surface area contributed by atoms with Gasteiger partial charge in [-0.25, -0.2) is 0 Å². The summed E-state index contributed by atoms with van der Waals surface area (Å²) in [5.74, 6) is -0.941. The number of carbonyl (C=O) groups is 2. The molecule has 1 aromatic rings. The molecule has 5 heteroatoms. The van der Waals surface area contributed by atoms with Crippen molar-refractivity contribution in [1.29, 1.82) is 0 Å². The minimum absolute atomic E-state index is 0.361. The maximum atomic E-state index is 11.9. The van der Waals surface area contributed by atoms with Crippen molar-refractivity contribution in [3.05, 3.63) is 40.4 Å². The Kier molecular flexibility index (Phi) is 3.63. The van der Waals surface area contributed by atoms with Crippen molar-refractivity contribution >= 4 is 33.3 Å². The van der Waals surface area contributed by atoms with Crippen molar-refractivity contribution in [2.24, 2.45) is 0 Å². The molecule has 0 radical (unpaired) electrons. The van der Waals surface area contributed by atoms with E-state index in [2.05, 4.69) is 27.8 Å². The van der Waals surface area contributed by atoms with Gasteiger partial charge in [-0.2, -0.15) is 0 Å². The summed E-state index contributed by atoms with van der Waals surface area (Å²) in [5.41, 5.74) is 1.96. The highest BCUT2D eigenvalue weighted by atomic mass is 79.9. The zero-order valence-corrected chi connectivity index (χ0v) is 11.6. The van der Waals surface area contributed by atoms with Crippen molar-refractivity contribution in [2.45, 2.75) is 0 Å². The van der Waals surface area contributed by atoms with Gasteiger partial charge in [-0.1, -0.05) is 22.5 Å². The van der Waals surface area contributed by atoms with E-state index >= 15 is 0 Å². The molecule has 1 aromatic carbocycles. The van der Waals surface area contributed by atoms with Gasteiger partial charge in [-0.15, -0.1) is 0 Å². The fourth-order valence-electron chi connectivity index (χ4n) is 1.96. The quantitative estimate of drug-likeness (QED) is 0.681. The molecule has 0 saturated carbocycles. The maximum absolute atomic E-state index is 11.9. The standard InChI is InChI=1S/C13H13BrN2O2/c1-8(6-15-2)7-16-11-4-3-9(14)5-10(11)12(17)13(16)18/h3-5,15H,1,6-7H2,2H3. The minimum Gasteiger partial charge on any atom is -0.316 e. The first-order valence-electron chi connectivity index (χ1n) is 5.51. The van der Waals surface area contributed by atoms with Crippen LogP contribution in [0.1, 0.15) is 10.4 Å². The highest BCUT2D eigenvalue weighted by Gasteiger charge is 2.35. The summed E-state index contributed by atoms with van der Waals surface area (Å²) in [6.07, 6.45) is 0. The smallest absolute Gasteiger partial charge is 0.299 e. The second kappa shape index (κ2) is 5.04. The molecule has 0 unspecified atom stereocenters. The van der Waals surface area contributed by atoms with E-state index in [0.29, 0.717) is 24.3 Å². The van der Waals surface area contributed by atoms with Crippen molar-refractivity contribution < 1.29 is 9.59 Å². The summed E-state index contributed by atoms with van der Waals surface area (Å²) >= 11 is 3.30. The number of hydrogen-bond donors (Lipinski definition) is 1. The summed E-state index contributed by atoms with van der Waals surface area (Å²) in [4.78, 5) is 25.2. The number of nitrogens with zero attached hydrogens (tertiary/aromatic N) is 1. The average Bonchev–Trinajstić information content (AvgIpc) is 2.55. The molecule has 0 saturated heterocycles. The van der Waals surface area contributed by atoms with Gasteiger partial charge in [0.2, 0.25) is 0 Å². The van der Waals surface area contributed by atoms with E-state index < -0.39 is 11.7 Å². The molecule has 94 valence electrons. The fourth-order valence-corrected chi connectivity index (χ4v) is 2.32. The van der Waals surface area contributed by atoms with Gasteiger partial charge in [0, 0.05) is 17.6 Å². The summed E-state index contributed by atoms with van der Waals surface area (Å²) < 4.78 is 0.790. The Balaban J connectivity index is 2.31. The van der Waals surface area contributed by atoms with Crippen molar-refractivity contribution in [2.75, 3.05) is 25.0 Å². The van der Waals surface area contributed by atoms with Crippen LogP contribution in [0.5, 0.6) is 0 Å². The van der Waals surface area contributed by atoms with E-state index in [9.17, 15) is 9.59 Å². The molecule has 4 nitrogen and oxygen atoms in total. The summed E-state index contributed by atoms with van der Waals surface area (Å²) in [7, 11) is 1.81. The zero-order valence-electron chi connectivity index (χ0n) is 10.00. The number of Topliss-reactive ketones (excluding diaryl/α,β-unsaturated/α-hetero) is 1. The molecule has 1 amide bonds. The maximum Gasteiger partial charge on any atom is 0.299 e. The van der Waals surface area contributed by atoms with Gasteiger partial charge in [0.15, 0.2) is 0 Å². The molecule has 0 bridgehead atoms. The van der Waals surface area contributed by atoms with Crippen LogP contribution in [0.2, 0.25) is 0 Å². The number of rotatable bonds is 4. The number of fused-ring (bicyclic) bond motifs is 1. The first-order chi connectivity index (χ1) is 8.54. The van der Waals surface area contributed by atoms with Crippen LogP contribution in [0.15, 0.2) is 34.8 Å². The molecule has 0 aromatic heterocycles. The molecular formula is C13H13BrN2O2. The number of benzene rings is 1. The van der Waals surface area contributed by atoms with Crippen molar-refractivity contribution in [1.82, 2.24) is 5.32 Å². The van der Waals surface area contributed by atoms with Gasteiger partial charge in [0.25, 0.3) is 11.7 Å². The number of hydrogen-bond acceptors (Lipinski definition) is 3. The lowest BCUT2D eigenvalue weighted by Gasteiger charge is -2.17. The Morgan fingerprint density at radius 3 is 2.83 bits per heavy atom. The van der Waals surface area contributed by atoms with Crippen LogP contribution in [0.4, 0.5) is 5.69 Å². The van der Waals surface area contributed by atoms with Gasteiger partial charge in [0.05, 0.1) is 11.3 Å². The van der Waals surface area contributed by atoms with E-state index in [1.807, 2.05) is 13.1 Å². The first-order valence-corrected chi connectivity index (χ1v) is 6.31. The molecule has 0 aliphatic carbocycles. The first kappa shape index (κ1) is 13.0. The van der Waals surface area contributed by atoms with E-state index in [0.717, 1.165) is 10.0 Å². The lowest BCUT2D eigenvalue weighted by molar-refractivity contribution is -0.114. The number of amides is 1. The summed E-state index contributed by atoms with van der Waals surface area (Å²) in [6.45, 7) is 4.86. The predicted molar refractivity (Wildman–Crippen MR) is 73.9 cm³/mol. The number of carbonyl (C=O) groups excluding carboxylic acids is 2. The summed E-state index contributed by atoms with van der Waals surface area (Å²) in [5, 5.41) is 2.97. The highest BCUT2D eigenvalue weighted by Crippen LogP contribution is 2.31. The number of likely N-dealkylation sites (N-methyl/N-ethyl adjacent to an activating group) is 1. The monoisotopic (exact) mass is 308 g/mol. The molecule has 1 N–H and O–H groups in total. The number of halogens is 1. The van der Waals surface area contributed by atoms with Gasteiger partial charge in [0.1, 0.15) is 0 Å². The van der Waals surface area contributed by atoms with Crippen LogP contribution in [-0.2, 0) is 4.79 Å². The average molecular weight is 309 g/mol. The third-order valence-electron chi connectivity index (χ3n) is 2.74. The van der Waals surface area contributed by atoms with Crippen LogP contribution in [0, 0.1) is 0 Å². The molecule has 1 heterocycles. The van der Waals surface area contributed by atoms with E-state index in [-0.39, 0.29) is 0 Å². The zero-order chi connectivity index (χ0) is 13.3. The van der Waals surface area contributed by atoms with Gasteiger partial charge in [-0.3, -0.25) is 9.59 Å². The Morgan fingerprint density at radius 2 is 2.17 bits per heavy atom. The van der Waals surface area contributed by atoms with Crippen LogP contribution in [0.25, 0.3) is 0 Å². The number of ketones is 1. The second-order valence-electron chi connectivity index (χ2n) is 4.16.